The van der Waals surface area contributed by atoms with E-state index in [1.54, 1.807) is 6.07 Å². The number of rotatable bonds is 6. The molecule has 2 nitrogen and oxygen atoms in total. The van der Waals surface area contributed by atoms with Crippen LogP contribution in [0.15, 0.2) is 24.3 Å². The molecule has 2 unspecified atom stereocenters. The quantitative estimate of drug-likeness (QED) is 0.859. The van der Waals surface area contributed by atoms with Crippen LogP contribution in [0.25, 0.3) is 0 Å². The molecule has 0 amide bonds. The van der Waals surface area contributed by atoms with Crippen LogP contribution in [-0.4, -0.2) is 36.6 Å². The van der Waals surface area contributed by atoms with Gasteiger partial charge in [0, 0.05) is 18.6 Å². The first-order valence-corrected chi connectivity index (χ1v) is 7.91. The summed E-state index contributed by atoms with van der Waals surface area (Å²) in [6, 6.07) is 8.11. The smallest absolute Gasteiger partial charge is 0.123 e. The predicted molar refractivity (Wildman–Crippen MR) is 82.5 cm³/mol. The number of benzene rings is 1. The van der Waals surface area contributed by atoms with Crippen molar-refractivity contribution in [2.45, 2.75) is 51.6 Å². The SMILES string of the molecule is CCCN(C(C)Cc1cccc(F)c1)C1CCCNC1. The van der Waals surface area contributed by atoms with Crippen molar-refractivity contribution in [1.82, 2.24) is 10.2 Å². The van der Waals surface area contributed by atoms with Crippen LogP contribution in [0.1, 0.15) is 38.7 Å². The van der Waals surface area contributed by atoms with E-state index in [0.717, 1.165) is 31.6 Å². The molecule has 112 valence electrons. The fraction of sp³-hybridized carbons (Fsp3) is 0.647. The van der Waals surface area contributed by atoms with Crippen LogP contribution in [0.2, 0.25) is 0 Å². The third-order valence-electron chi connectivity index (χ3n) is 4.21. The van der Waals surface area contributed by atoms with Crippen molar-refractivity contribution in [2.24, 2.45) is 0 Å². The van der Waals surface area contributed by atoms with Crippen molar-refractivity contribution in [1.29, 1.82) is 0 Å². The molecule has 0 radical (unpaired) electrons. The van der Waals surface area contributed by atoms with E-state index < -0.39 is 0 Å². The summed E-state index contributed by atoms with van der Waals surface area (Å²) in [7, 11) is 0. The number of hydrogen-bond acceptors (Lipinski definition) is 2. The van der Waals surface area contributed by atoms with Gasteiger partial charge in [-0.2, -0.15) is 0 Å². The summed E-state index contributed by atoms with van der Waals surface area (Å²) in [6.45, 7) is 7.87. The van der Waals surface area contributed by atoms with Gasteiger partial charge in [-0.3, -0.25) is 4.90 Å². The zero-order valence-corrected chi connectivity index (χ0v) is 12.7. The van der Waals surface area contributed by atoms with Gasteiger partial charge in [0.1, 0.15) is 5.82 Å². The lowest BCUT2D eigenvalue weighted by Gasteiger charge is -2.39. The minimum Gasteiger partial charge on any atom is -0.315 e. The van der Waals surface area contributed by atoms with Crippen LogP contribution in [0.5, 0.6) is 0 Å². The van der Waals surface area contributed by atoms with E-state index in [1.807, 2.05) is 12.1 Å². The number of nitrogens with one attached hydrogen (secondary N) is 1. The third kappa shape index (κ3) is 4.29. The summed E-state index contributed by atoms with van der Waals surface area (Å²) in [5.74, 6) is -0.129. The third-order valence-corrected chi connectivity index (χ3v) is 4.21. The van der Waals surface area contributed by atoms with E-state index in [0.29, 0.717) is 12.1 Å². The van der Waals surface area contributed by atoms with Gasteiger partial charge in [0.2, 0.25) is 0 Å². The van der Waals surface area contributed by atoms with Gasteiger partial charge < -0.3 is 5.32 Å². The first kappa shape index (κ1) is 15.5. The van der Waals surface area contributed by atoms with E-state index in [1.165, 1.54) is 25.3 Å². The summed E-state index contributed by atoms with van der Waals surface area (Å²) in [5.41, 5.74) is 1.10. The van der Waals surface area contributed by atoms with Crippen molar-refractivity contribution in [3.8, 4) is 0 Å². The molecule has 1 fully saturated rings. The number of nitrogens with zero attached hydrogens (tertiary/aromatic N) is 1. The molecule has 0 saturated carbocycles. The van der Waals surface area contributed by atoms with Gasteiger partial charge in [0.15, 0.2) is 0 Å². The summed E-state index contributed by atoms with van der Waals surface area (Å²) in [4.78, 5) is 2.61. The largest absolute Gasteiger partial charge is 0.315 e. The van der Waals surface area contributed by atoms with E-state index in [-0.39, 0.29) is 5.82 Å². The van der Waals surface area contributed by atoms with E-state index >= 15 is 0 Å². The van der Waals surface area contributed by atoms with Crippen LogP contribution in [0.3, 0.4) is 0 Å². The Labute approximate surface area is 122 Å². The second kappa shape index (κ2) is 7.75. The summed E-state index contributed by atoms with van der Waals surface area (Å²) in [6.07, 6.45) is 4.64. The van der Waals surface area contributed by atoms with Gasteiger partial charge in [-0.25, -0.2) is 4.39 Å². The average Bonchev–Trinajstić information content (AvgIpc) is 2.45. The average molecular weight is 278 g/mol. The van der Waals surface area contributed by atoms with Gasteiger partial charge in [0.25, 0.3) is 0 Å². The summed E-state index contributed by atoms with van der Waals surface area (Å²) < 4.78 is 13.3. The highest BCUT2D eigenvalue weighted by atomic mass is 19.1. The predicted octanol–water partition coefficient (Wildman–Crippen LogP) is 3.22. The maximum Gasteiger partial charge on any atom is 0.123 e. The Bertz CT molecular complexity index is 402. The molecule has 3 heteroatoms. The molecule has 0 spiro atoms. The highest BCUT2D eigenvalue weighted by molar-refractivity contribution is 5.17. The molecule has 1 heterocycles. The Morgan fingerprint density at radius 3 is 2.95 bits per heavy atom. The minimum atomic E-state index is -0.129. The Balaban J connectivity index is 2.00. The van der Waals surface area contributed by atoms with Gasteiger partial charge in [0.05, 0.1) is 0 Å². The van der Waals surface area contributed by atoms with Gasteiger partial charge in [-0.15, -0.1) is 0 Å². The van der Waals surface area contributed by atoms with Crippen LogP contribution in [0.4, 0.5) is 4.39 Å². The molecule has 2 atom stereocenters. The van der Waals surface area contributed by atoms with Crippen LogP contribution < -0.4 is 5.32 Å². The van der Waals surface area contributed by atoms with Crippen molar-refractivity contribution < 1.29 is 4.39 Å². The Morgan fingerprint density at radius 1 is 1.45 bits per heavy atom. The maximum atomic E-state index is 13.3. The lowest BCUT2D eigenvalue weighted by atomic mass is 10.00. The zero-order chi connectivity index (χ0) is 14.4. The second-order valence-electron chi connectivity index (χ2n) is 5.92. The summed E-state index contributed by atoms with van der Waals surface area (Å²) in [5, 5.41) is 3.50. The molecule has 0 bridgehead atoms. The minimum absolute atomic E-state index is 0.129. The van der Waals surface area contributed by atoms with Crippen LogP contribution in [0, 0.1) is 5.82 Å². The van der Waals surface area contributed by atoms with Crippen molar-refractivity contribution >= 4 is 0 Å². The number of piperidine rings is 1. The van der Waals surface area contributed by atoms with Gasteiger partial charge in [-0.05, 0) is 63.4 Å². The Kier molecular flexibility index (Phi) is 5.99. The molecular weight excluding hydrogens is 251 g/mol. The molecule has 1 aromatic rings. The van der Waals surface area contributed by atoms with Crippen LogP contribution in [-0.2, 0) is 6.42 Å². The van der Waals surface area contributed by atoms with Gasteiger partial charge >= 0.3 is 0 Å². The summed E-state index contributed by atoms with van der Waals surface area (Å²) >= 11 is 0. The molecular formula is C17H27FN2. The number of hydrogen-bond donors (Lipinski definition) is 1. The van der Waals surface area contributed by atoms with Crippen molar-refractivity contribution in [3.05, 3.63) is 35.6 Å². The lowest BCUT2D eigenvalue weighted by molar-refractivity contribution is 0.120. The second-order valence-corrected chi connectivity index (χ2v) is 5.92. The maximum absolute atomic E-state index is 13.3. The van der Waals surface area contributed by atoms with Crippen LogP contribution >= 0.6 is 0 Å². The normalized spacial score (nSPS) is 21.1. The lowest BCUT2D eigenvalue weighted by Crippen LogP contribution is -2.50. The zero-order valence-electron chi connectivity index (χ0n) is 12.7. The molecule has 1 N–H and O–H groups in total. The molecule has 1 saturated heterocycles. The first-order chi connectivity index (χ1) is 9.70. The standard InChI is InChI=1S/C17H27FN2/c1-3-10-20(17-8-5-9-19-13-17)14(2)11-15-6-4-7-16(18)12-15/h4,6-7,12,14,17,19H,3,5,8-11,13H2,1-2H3. The van der Waals surface area contributed by atoms with Gasteiger partial charge in [-0.1, -0.05) is 19.1 Å². The van der Waals surface area contributed by atoms with E-state index in [4.69, 9.17) is 0 Å². The van der Waals surface area contributed by atoms with E-state index in [9.17, 15) is 4.39 Å². The van der Waals surface area contributed by atoms with Crippen molar-refractivity contribution in [2.75, 3.05) is 19.6 Å². The molecule has 1 aromatic carbocycles. The van der Waals surface area contributed by atoms with E-state index in [2.05, 4.69) is 24.1 Å². The first-order valence-electron chi connectivity index (χ1n) is 7.91. The molecule has 0 aliphatic carbocycles. The topological polar surface area (TPSA) is 15.3 Å². The molecule has 20 heavy (non-hydrogen) atoms. The fourth-order valence-corrected chi connectivity index (χ4v) is 3.26. The Morgan fingerprint density at radius 2 is 2.30 bits per heavy atom. The van der Waals surface area contributed by atoms with Crippen molar-refractivity contribution in [3.63, 3.8) is 0 Å². The molecule has 0 aromatic heterocycles. The molecule has 1 aliphatic rings. The monoisotopic (exact) mass is 278 g/mol. The highest BCUT2D eigenvalue weighted by Crippen LogP contribution is 2.17. The molecule has 2 rings (SSSR count). The Hall–Kier alpha value is -0.930. The fourth-order valence-electron chi connectivity index (χ4n) is 3.26. The highest BCUT2D eigenvalue weighted by Gasteiger charge is 2.24. The molecule has 1 aliphatic heterocycles. The number of halogens is 1.